The number of aromatic nitrogens is 1. The smallest absolute Gasteiger partial charge is 0.142 e. The lowest BCUT2D eigenvalue weighted by molar-refractivity contribution is 0.0384. The fourth-order valence-electron chi connectivity index (χ4n) is 2.58. The predicted molar refractivity (Wildman–Crippen MR) is 89.6 cm³/mol. The molecule has 118 valence electrons. The molecule has 1 aromatic heterocycles. The third-order valence-electron chi connectivity index (χ3n) is 3.91. The van der Waals surface area contributed by atoms with Crippen molar-refractivity contribution in [1.82, 2.24) is 9.88 Å². The van der Waals surface area contributed by atoms with Crippen LogP contribution in [0.5, 0.6) is 0 Å². The predicted octanol–water partition coefficient (Wildman–Crippen LogP) is 2.57. The van der Waals surface area contributed by atoms with Crippen LogP contribution in [-0.4, -0.2) is 42.7 Å². The molecule has 1 N–H and O–H groups in total. The Balaban J connectivity index is 1.55. The van der Waals surface area contributed by atoms with Gasteiger partial charge in [-0.2, -0.15) is 5.26 Å². The molecule has 0 amide bonds. The lowest BCUT2D eigenvalue weighted by Crippen LogP contribution is -2.37. The van der Waals surface area contributed by atoms with Crippen molar-refractivity contribution in [2.45, 2.75) is 6.42 Å². The van der Waals surface area contributed by atoms with Gasteiger partial charge in [0, 0.05) is 25.3 Å². The van der Waals surface area contributed by atoms with Crippen LogP contribution in [0.3, 0.4) is 0 Å². The fraction of sp³-hybridized carbons (Fsp3) is 0.333. The number of morpholine rings is 1. The van der Waals surface area contributed by atoms with Gasteiger partial charge in [-0.15, -0.1) is 0 Å². The van der Waals surface area contributed by atoms with Crippen LogP contribution < -0.4 is 5.32 Å². The molecule has 2 heterocycles. The van der Waals surface area contributed by atoms with E-state index in [1.165, 1.54) is 5.56 Å². The molecular weight excluding hydrogens is 288 g/mol. The first-order valence-electron chi connectivity index (χ1n) is 7.87. The Morgan fingerprint density at radius 3 is 2.65 bits per heavy atom. The van der Waals surface area contributed by atoms with Crippen LogP contribution in [0.2, 0.25) is 0 Å². The zero-order valence-electron chi connectivity index (χ0n) is 13.0. The molecule has 3 rings (SSSR count). The molecule has 1 saturated heterocycles. The minimum Gasteiger partial charge on any atom is -0.379 e. The number of nitrogens with one attached hydrogen (secondary N) is 1. The molecule has 1 aliphatic rings. The van der Waals surface area contributed by atoms with Gasteiger partial charge in [-0.05, 0) is 36.2 Å². The maximum Gasteiger partial charge on any atom is 0.142 e. The molecule has 0 atom stereocenters. The summed E-state index contributed by atoms with van der Waals surface area (Å²) in [4.78, 5) is 6.65. The van der Waals surface area contributed by atoms with E-state index in [4.69, 9.17) is 10.00 Å². The Kier molecular flexibility index (Phi) is 5.20. The number of rotatable bonds is 5. The van der Waals surface area contributed by atoms with Gasteiger partial charge in [0.1, 0.15) is 17.6 Å². The topological polar surface area (TPSA) is 61.2 Å². The third kappa shape index (κ3) is 4.52. The van der Waals surface area contributed by atoms with Gasteiger partial charge in [0.2, 0.25) is 0 Å². The van der Waals surface area contributed by atoms with Crippen LogP contribution in [-0.2, 0) is 11.2 Å². The maximum atomic E-state index is 8.88. The number of hydrogen-bond donors (Lipinski definition) is 1. The van der Waals surface area contributed by atoms with E-state index in [2.05, 4.69) is 39.5 Å². The summed E-state index contributed by atoms with van der Waals surface area (Å²) in [5.74, 6) is 0.685. The Morgan fingerprint density at radius 2 is 1.91 bits per heavy atom. The van der Waals surface area contributed by atoms with Crippen molar-refractivity contribution in [1.29, 1.82) is 5.26 Å². The molecule has 0 bridgehead atoms. The quantitative estimate of drug-likeness (QED) is 0.920. The van der Waals surface area contributed by atoms with Crippen molar-refractivity contribution >= 4 is 11.5 Å². The van der Waals surface area contributed by atoms with Crippen LogP contribution in [0.15, 0.2) is 42.5 Å². The molecule has 1 fully saturated rings. The summed E-state index contributed by atoms with van der Waals surface area (Å²) in [6.07, 6.45) is 1.04. The highest BCUT2D eigenvalue weighted by Gasteiger charge is 2.09. The first-order valence-corrected chi connectivity index (χ1v) is 7.87. The number of nitriles is 1. The van der Waals surface area contributed by atoms with E-state index in [1.807, 2.05) is 18.2 Å². The number of nitrogens with zero attached hydrogens (tertiary/aromatic N) is 3. The highest BCUT2D eigenvalue weighted by atomic mass is 16.5. The van der Waals surface area contributed by atoms with Gasteiger partial charge in [0.15, 0.2) is 0 Å². The molecule has 5 nitrogen and oxygen atoms in total. The average Bonchev–Trinajstić information content (AvgIpc) is 2.62. The third-order valence-corrected chi connectivity index (χ3v) is 3.91. The van der Waals surface area contributed by atoms with E-state index < -0.39 is 0 Å². The Morgan fingerprint density at radius 1 is 1.13 bits per heavy atom. The number of pyridine rings is 1. The summed E-state index contributed by atoms with van der Waals surface area (Å²) in [5, 5.41) is 12.1. The van der Waals surface area contributed by atoms with Crippen LogP contribution in [0.1, 0.15) is 11.3 Å². The largest absolute Gasteiger partial charge is 0.379 e. The molecule has 2 aromatic rings. The molecule has 23 heavy (non-hydrogen) atoms. The normalized spacial score (nSPS) is 15.1. The maximum absolute atomic E-state index is 8.88. The summed E-state index contributed by atoms with van der Waals surface area (Å²) in [6, 6.07) is 15.8. The molecule has 0 aliphatic carbocycles. The molecule has 0 saturated carbocycles. The molecule has 0 unspecified atom stereocenters. The van der Waals surface area contributed by atoms with Gasteiger partial charge in [-0.25, -0.2) is 4.98 Å². The van der Waals surface area contributed by atoms with Gasteiger partial charge in [0.25, 0.3) is 0 Å². The molecule has 1 aromatic carbocycles. The van der Waals surface area contributed by atoms with Crippen LogP contribution >= 0.6 is 0 Å². The number of anilines is 2. The molecule has 1 aliphatic heterocycles. The van der Waals surface area contributed by atoms with Crippen molar-refractivity contribution in [3.05, 3.63) is 53.7 Å². The van der Waals surface area contributed by atoms with Crippen molar-refractivity contribution in [2.75, 3.05) is 38.2 Å². The summed E-state index contributed by atoms with van der Waals surface area (Å²) in [7, 11) is 0. The van der Waals surface area contributed by atoms with Crippen molar-refractivity contribution in [3.8, 4) is 6.07 Å². The van der Waals surface area contributed by atoms with Gasteiger partial charge < -0.3 is 10.1 Å². The highest BCUT2D eigenvalue weighted by Crippen LogP contribution is 2.16. The molecular formula is C18H20N4O. The Labute approximate surface area is 136 Å². The second-order valence-corrected chi connectivity index (χ2v) is 5.55. The lowest BCUT2D eigenvalue weighted by atomic mass is 10.1. The first-order chi connectivity index (χ1) is 11.3. The van der Waals surface area contributed by atoms with E-state index in [0.29, 0.717) is 11.5 Å². The Hall–Kier alpha value is -2.42. The summed E-state index contributed by atoms with van der Waals surface area (Å²) in [6.45, 7) is 4.82. The minimum atomic E-state index is 0.414. The summed E-state index contributed by atoms with van der Waals surface area (Å²) < 4.78 is 5.36. The second kappa shape index (κ2) is 7.73. The molecule has 0 radical (unpaired) electrons. The summed E-state index contributed by atoms with van der Waals surface area (Å²) in [5.41, 5.74) is 2.71. The van der Waals surface area contributed by atoms with Crippen molar-refractivity contribution in [3.63, 3.8) is 0 Å². The zero-order valence-corrected chi connectivity index (χ0v) is 13.0. The number of hydrogen-bond acceptors (Lipinski definition) is 5. The van der Waals surface area contributed by atoms with Gasteiger partial charge >= 0.3 is 0 Å². The second-order valence-electron chi connectivity index (χ2n) is 5.55. The minimum absolute atomic E-state index is 0.414. The number of ether oxygens (including phenoxy) is 1. The van der Waals surface area contributed by atoms with Gasteiger partial charge in [-0.3, -0.25) is 4.90 Å². The molecule has 0 spiro atoms. The van der Waals surface area contributed by atoms with Crippen LogP contribution in [0.25, 0.3) is 0 Å². The van der Waals surface area contributed by atoms with Crippen molar-refractivity contribution in [2.24, 2.45) is 0 Å². The van der Waals surface area contributed by atoms with Crippen molar-refractivity contribution < 1.29 is 4.74 Å². The monoisotopic (exact) mass is 308 g/mol. The first kappa shape index (κ1) is 15.5. The van der Waals surface area contributed by atoms with E-state index in [9.17, 15) is 0 Å². The lowest BCUT2D eigenvalue weighted by Gasteiger charge is -2.26. The van der Waals surface area contributed by atoms with Crippen LogP contribution in [0.4, 0.5) is 11.5 Å². The highest BCUT2D eigenvalue weighted by molar-refractivity contribution is 5.56. The SMILES string of the molecule is N#Cc1cccc(Nc2ccc(CCN3CCOCC3)cc2)n1. The van der Waals surface area contributed by atoms with Gasteiger partial charge in [-0.1, -0.05) is 18.2 Å². The van der Waals surface area contributed by atoms with E-state index in [0.717, 1.165) is 45.0 Å². The van der Waals surface area contributed by atoms with Gasteiger partial charge in [0.05, 0.1) is 13.2 Å². The zero-order chi connectivity index (χ0) is 15.9. The average molecular weight is 308 g/mol. The Bertz CT molecular complexity index is 672. The van der Waals surface area contributed by atoms with E-state index >= 15 is 0 Å². The standard InChI is InChI=1S/C18H20N4O/c19-14-17-2-1-3-18(21-17)20-16-6-4-15(5-7-16)8-9-22-10-12-23-13-11-22/h1-7H,8-13H2,(H,20,21). The van der Waals surface area contributed by atoms with E-state index in [-0.39, 0.29) is 0 Å². The summed E-state index contributed by atoms with van der Waals surface area (Å²) >= 11 is 0. The van der Waals surface area contributed by atoms with E-state index in [1.54, 1.807) is 6.07 Å². The van der Waals surface area contributed by atoms with Crippen LogP contribution in [0, 0.1) is 11.3 Å². The molecule has 5 heteroatoms. The number of benzene rings is 1. The fourth-order valence-corrected chi connectivity index (χ4v) is 2.58.